The monoisotopic (exact) mass is 449 g/mol. The highest BCUT2D eigenvalue weighted by Gasteiger charge is 2.34. The van der Waals surface area contributed by atoms with Gasteiger partial charge in [0.2, 0.25) is 5.91 Å². The number of likely N-dealkylation sites (tertiary alicyclic amines) is 1. The van der Waals surface area contributed by atoms with E-state index in [1.165, 1.54) is 4.52 Å². The Bertz CT molecular complexity index is 1160. The van der Waals surface area contributed by atoms with Gasteiger partial charge in [-0.05, 0) is 19.9 Å². The Balaban J connectivity index is 1.44. The van der Waals surface area contributed by atoms with E-state index in [-0.39, 0.29) is 46.9 Å². The Hall–Kier alpha value is -2.20. The van der Waals surface area contributed by atoms with E-state index in [4.69, 9.17) is 4.98 Å². The van der Waals surface area contributed by atoms with Gasteiger partial charge < -0.3 is 4.90 Å². The fourth-order valence-corrected chi connectivity index (χ4v) is 6.20. The molecule has 10 heteroatoms. The highest BCUT2D eigenvalue weighted by molar-refractivity contribution is 7.91. The largest absolute Gasteiger partial charge is 0.341 e. The first-order chi connectivity index (χ1) is 14.4. The number of H-pyrrole nitrogens is 1. The molecule has 170 valence electrons. The van der Waals surface area contributed by atoms with Crippen LogP contribution in [-0.4, -0.2) is 83.0 Å². The molecule has 0 aliphatic carbocycles. The van der Waals surface area contributed by atoms with Crippen LogP contribution in [0.1, 0.15) is 50.9 Å². The lowest BCUT2D eigenvalue weighted by atomic mass is 9.93. The third-order valence-electron chi connectivity index (χ3n) is 6.45. The number of nitrogens with zero attached hydrogens (tertiary/aromatic N) is 4. The number of carbonyl (C=O) groups is 1. The molecule has 4 heterocycles. The van der Waals surface area contributed by atoms with Crippen LogP contribution in [0.25, 0.3) is 5.65 Å². The summed E-state index contributed by atoms with van der Waals surface area (Å²) in [5, 5.41) is 3.13. The molecule has 2 aromatic heterocycles. The van der Waals surface area contributed by atoms with Crippen LogP contribution in [0.5, 0.6) is 0 Å². The molecule has 2 atom stereocenters. The molecular weight excluding hydrogens is 418 g/mol. The van der Waals surface area contributed by atoms with Gasteiger partial charge in [-0.3, -0.25) is 19.6 Å². The molecule has 2 aliphatic rings. The second-order valence-electron chi connectivity index (χ2n) is 9.93. The van der Waals surface area contributed by atoms with Gasteiger partial charge in [-0.1, -0.05) is 20.8 Å². The second kappa shape index (κ2) is 7.74. The zero-order valence-corrected chi connectivity index (χ0v) is 19.4. The Morgan fingerprint density at radius 3 is 2.68 bits per heavy atom. The number of likely N-dealkylation sites (N-methyl/N-ethyl adjacent to an activating group) is 1. The maximum atomic E-state index is 12.8. The fourth-order valence-electron chi connectivity index (χ4n) is 4.40. The molecule has 1 N–H and O–H groups in total. The molecule has 0 unspecified atom stereocenters. The van der Waals surface area contributed by atoms with E-state index >= 15 is 0 Å². The van der Waals surface area contributed by atoms with E-state index in [9.17, 15) is 18.0 Å². The SMILES string of the molecule is CN(CC(=O)N1CC[C@H](c2cc(=O)n3[nH]c(C(C)(C)C)cc3n2)C1)[C@H]1CCS(=O)(=O)C1. The van der Waals surface area contributed by atoms with E-state index in [1.54, 1.807) is 11.0 Å². The maximum absolute atomic E-state index is 12.8. The minimum atomic E-state index is -2.98. The van der Waals surface area contributed by atoms with Gasteiger partial charge in [-0.25, -0.2) is 17.9 Å². The van der Waals surface area contributed by atoms with Crippen LogP contribution in [0.15, 0.2) is 16.9 Å². The number of hydrogen-bond acceptors (Lipinski definition) is 6. The van der Waals surface area contributed by atoms with Crippen molar-refractivity contribution in [2.24, 2.45) is 0 Å². The average Bonchev–Trinajstić information content (AvgIpc) is 3.38. The van der Waals surface area contributed by atoms with Crippen LogP contribution in [0.2, 0.25) is 0 Å². The lowest BCUT2D eigenvalue weighted by molar-refractivity contribution is -0.131. The fraction of sp³-hybridized carbons (Fsp3) is 0.667. The average molecular weight is 450 g/mol. The summed E-state index contributed by atoms with van der Waals surface area (Å²) in [5.41, 5.74) is 1.98. The van der Waals surface area contributed by atoms with Crippen LogP contribution in [0.4, 0.5) is 0 Å². The predicted octanol–water partition coefficient (Wildman–Crippen LogP) is 0.755. The number of fused-ring (bicyclic) bond motifs is 1. The highest BCUT2D eigenvalue weighted by atomic mass is 32.2. The number of nitrogens with one attached hydrogen (secondary N) is 1. The van der Waals surface area contributed by atoms with Crippen LogP contribution in [-0.2, 0) is 20.0 Å². The molecule has 2 fully saturated rings. The number of aromatic amines is 1. The van der Waals surface area contributed by atoms with Gasteiger partial charge >= 0.3 is 0 Å². The molecule has 0 aromatic carbocycles. The number of sulfone groups is 1. The Morgan fingerprint density at radius 2 is 2.03 bits per heavy atom. The van der Waals surface area contributed by atoms with E-state index < -0.39 is 9.84 Å². The summed E-state index contributed by atoms with van der Waals surface area (Å²) < 4.78 is 24.9. The third kappa shape index (κ3) is 4.55. The third-order valence-corrected chi connectivity index (χ3v) is 8.20. The Labute approximate surface area is 182 Å². The summed E-state index contributed by atoms with van der Waals surface area (Å²) >= 11 is 0. The van der Waals surface area contributed by atoms with Crippen molar-refractivity contribution >= 4 is 21.4 Å². The number of carbonyl (C=O) groups excluding carboxylic acids is 1. The Morgan fingerprint density at radius 1 is 1.29 bits per heavy atom. The quantitative estimate of drug-likeness (QED) is 0.738. The normalized spacial score (nSPS) is 23.8. The van der Waals surface area contributed by atoms with E-state index in [0.29, 0.717) is 25.2 Å². The van der Waals surface area contributed by atoms with E-state index in [2.05, 4.69) is 25.9 Å². The number of hydrogen-bond donors (Lipinski definition) is 1. The molecule has 0 radical (unpaired) electrons. The van der Waals surface area contributed by atoms with Crippen molar-refractivity contribution in [1.82, 2.24) is 24.4 Å². The zero-order chi connectivity index (χ0) is 22.6. The van der Waals surface area contributed by atoms with Crippen molar-refractivity contribution in [2.75, 3.05) is 38.2 Å². The molecule has 1 amide bonds. The first-order valence-corrected chi connectivity index (χ1v) is 12.6. The van der Waals surface area contributed by atoms with Crippen molar-refractivity contribution in [1.29, 1.82) is 0 Å². The van der Waals surface area contributed by atoms with Crippen LogP contribution in [0, 0.1) is 0 Å². The van der Waals surface area contributed by atoms with Crippen LogP contribution in [0.3, 0.4) is 0 Å². The van der Waals surface area contributed by atoms with Gasteiger partial charge in [0, 0.05) is 48.3 Å². The summed E-state index contributed by atoms with van der Waals surface area (Å²) in [7, 11) is -1.17. The van der Waals surface area contributed by atoms with Crippen LogP contribution < -0.4 is 5.56 Å². The first-order valence-electron chi connectivity index (χ1n) is 10.7. The number of amides is 1. The summed E-state index contributed by atoms with van der Waals surface area (Å²) in [5.74, 6) is 0.331. The molecule has 0 saturated carbocycles. The summed E-state index contributed by atoms with van der Waals surface area (Å²) in [6.45, 7) is 7.55. The zero-order valence-electron chi connectivity index (χ0n) is 18.6. The summed E-state index contributed by atoms with van der Waals surface area (Å²) in [4.78, 5) is 33.8. The molecule has 2 aliphatic heterocycles. The standard InChI is InChI=1S/C21H31N5O4S/c1-21(2,3)17-10-18-22-16(9-19(27)26(18)23-17)14-5-7-25(11-14)20(28)12-24(4)15-6-8-31(29,30)13-15/h9-10,14-15,23H,5-8,11-13H2,1-4H3/t14-,15-/m0/s1. The summed E-state index contributed by atoms with van der Waals surface area (Å²) in [6.07, 6.45) is 1.34. The lowest BCUT2D eigenvalue weighted by Gasteiger charge is -2.25. The van der Waals surface area contributed by atoms with Gasteiger partial charge in [0.05, 0.1) is 23.7 Å². The van der Waals surface area contributed by atoms with Gasteiger partial charge in [0.1, 0.15) is 0 Å². The minimum Gasteiger partial charge on any atom is -0.341 e. The molecule has 0 spiro atoms. The second-order valence-corrected chi connectivity index (χ2v) is 12.2. The first kappa shape index (κ1) is 22.0. The highest BCUT2D eigenvalue weighted by Crippen LogP contribution is 2.27. The molecular formula is C21H31N5O4S. The van der Waals surface area contributed by atoms with E-state index in [1.807, 2.05) is 18.0 Å². The predicted molar refractivity (Wildman–Crippen MR) is 118 cm³/mol. The van der Waals surface area contributed by atoms with Crippen LogP contribution >= 0.6 is 0 Å². The van der Waals surface area contributed by atoms with Gasteiger partial charge in [-0.2, -0.15) is 0 Å². The van der Waals surface area contributed by atoms with Crippen molar-refractivity contribution in [3.05, 3.63) is 33.9 Å². The van der Waals surface area contributed by atoms with Crippen molar-refractivity contribution < 1.29 is 13.2 Å². The molecule has 2 aromatic rings. The maximum Gasteiger partial charge on any atom is 0.272 e. The number of aromatic nitrogens is 3. The van der Waals surface area contributed by atoms with Gasteiger partial charge in [-0.15, -0.1) is 0 Å². The topological polar surface area (TPSA) is 108 Å². The van der Waals surface area contributed by atoms with Crippen molar-refractivity contribution in [3.8, 4) is 0 Å². The molecule has 31 heavy (non-hydrogen) atoms. The van der Waals surface area contributed by atoms with Gasteiger partial charge in [0.25, 0.3) is 5.56 Å². The van der Waals surface area contributed by atoms with E-state index in [0.717, 1.165) is 17.8 Å². The molecule has 2 saturated heterocycles. The smallest absolute Gasteiger partial charge is 0.272 e. The summed E-state index contributed by atoms with van der Waals surface area (Å²) in [6, 6.07) is 3.37. The Kier molecular flexibility index (Phi) is 5.49. The van der Waals surface area contributed by atoms with Crippen molar-refractivity contribution in [3.63, 3.8) is 0 Å². The van der Waals surface area contributed by atoms with Gasteiger partial charge in [0.15, 0.2) is 15.5 Å². The number of rotatable bonds is 4. The lowest BCUT2D eigenvalue weighted by Crippen LogP contribution is -2.42. The minimum absolute atomic E-state index is 0.0104. The molecule has 0 bridgehead atoms. The molecule has 9 nitrogen and oxygen atoms in total. The molecule has 4 rings (SSSR count). The van der Waals surface area contributed by atoms with Crippen molar-refractivity contribution in [2.45, 2.75) is 51.0 Å².